The number of rotatable bonds is 6. The molecule has 2 heterocycles. The van der Waals surface area contributed by atoms with Crippen molar-refractivity contribution in [3.8, 4) is 5.88 Å². The summed E-state index contributed by atoms with van der Waals surface area (Å²) in [6, 6.07) is 0. The minimum absolute atomic E-state index is 0.195. The summed E-state index contributed by atoms with van der Waals surface area (Å²) < 4.78 is 28.1. The van der Waals surface area contributed by atoms with Crippen LogP contribution in [0, 0.1) is 6.92 Å². The highest BCUT2D eigenvalue weighted by Gasteiger charge is 2.21. The summed E-state index contributed by atoms with van der Waals surface area (Å²) in [5, 5.41) is 0. The third-order valence-electron chi connectivity index (χ3n) is 3.56. The fourth-order valence-electron chi connectivity index (χ4n) is 2.47. The van der Waals surface area contributed by atoms with Crippen molar-refractivity contribution in [2.75, 3.05) is 24.2 Å². The van der Waals surface area contributed by atoms with Gasteiger partial charge in [-0.05, 0) is 32.6 Å². The molecule has 0 amide bonds. The highest BCUT2D eigenvalue weighted by atomic mass is 32.2. The summed E-state index contributed by atoms with van der Waals surface area (Å²) in [6.07, 6.45) is 5.97. The molecule has 0 saturated carbocycles. The molecule has 0 unspecified atom stereocenters. The number of aromatic nitrogens is 2. The van der Waals surface area contributed by atoms with E-state index in [4.69, 9.17) is 4.18 Å². The molecule has 1 aliphatic rings. The van der Waals surface area contributed by atoms with Crippen molar-refractivity contribution in [3.05, 3.63) is 11.3 Å². The van der Waals surface area contributed by atoms with Gasteiger partial charge in [0.05, 0.1) is 6.26 Å². The Morgan fingerprint density at radius 3 is 2.48 bits per heavy atom. The second-order valence-corrected chi connectivity index (χ2v) is 7.05. The molecule has 0 aliphatic carbocycles. The molecule has 1 aromatic heterocycles. The van der Waals surface area contributed by atoms with Crippen LogP contribution in [0.4, 0.5) is 5.95 Å². The quantitative estimate of drug-likeness (QED) is 0.749. The first kappa shape index (κ1) is 16.0. The van der Waals surface area contributed by atoms with E-state index in [1.807, 2.05) is 6.92 Å². The average molecular weight is 313 g/mol. The Morgan fingerprint density at radius 2 is 1.90 bits per heavy atom. The summed E-state index contributed by atoms with van der Waals surface area (Å²) in [4.78, 5) is 11.0. The van der Waals surface area contributed by atoms with Gasteiger partial charge in [-0.3, -0.25) is 0 Å². The topological polar surface area (TPSA) is 72.4 Å². The molecule has 0 spiro atoms. The lowest BCUT2D eigenvalue weighted by molar-refractivity contribution is 0.476. The van der Waals surface area contributed by atoms with Crippen molar-refractivity contribution in [1.82, 2.24) is 9.97 Å². The van der Waals surface area contributed by atoms with Crippen LogP contribution in [0.3, 0.4) is 0 Å². The lowest BCUT2D eigenvalue weighted by Crippen LogP contribution is -2.22. The molecule has 1 saturated heterocycles. The maximum Gasteiger partial charge on any atom is 0.307 e. The molecule has 21 heavy (non-hydrogen) atoms. The minimum Gasteiger partial charge on any atom is -0.361 e. The van der Waals surface area contributed by atoms with Crippen molar-refractivity contribution >= 4 is 16.1 Å². The van der Waals surface area contributed by atoms with Crippen LogP contribution in [0.25, 0.3) is 0 Å². The Balaban J connectivity index is 2.39. The monoisotopic (exact) mass is 313 g/mol. The maximum atomic E-state index is 11.5. The smallest absolute Gasteiger partial charge is 0.307 e. The van der Waals surface area contributed by atoms with Crippen LogP contribution in [-0.4, -0.2) is 37.7 Å². The van der Waals surface area contributed by atoms with Gasteiger partial charge in [0.1, 0.15) is 0 Å². The Kier molecular flexibility index (Phi) is 5.03. The Hall–Kier alpha value is -1.37. The van der Waals surface area contributed by atoms with Gasteiger partial charge in [0.15, 0.2) is 0 Å². The number of aryl methyl sites for hydroxylation is 1. The molecule has 0 N–H and O–H groups in total. The fourth-order valence-corrected chi connectivity index (χ4v) is 2.89. The molecular formula is C14H23N3O3S. The lowest BCUT2D eigenvalue weighted by atomic mass is 10.1. The first-order valence-corrected chi connectivity index (χ1v) is 9.24. The van der Waals surface area contributed by atoms with E-state index in [0.717, 1.165) is 62.7 Å². The Labute approximate surface area is 126 Å². The molecule has 0 bridgehead atoms. The number of hydrogen-bond acceptors (Lipinski definition) is 6. The Morgan fingerprint density at radius 1 is 1.24 bits per heavy atom. The van der Waals surface area contributed by atoms with Gasteiger partial charge in [0.2, 0.25) is 11.8 Å². The average Bonchev–Trinajstić information content (AvgIpc) is 2.89. The van der Waals surface area contributed by atoms with Gasteiger partial charge in [-0.1, -0.05) is 13.3 Å². The molecule has 2 rings (SSSR count). The van der Waals surface area contributed by atoms with Crippen LogP contribution >= 0.6 is 0 Å². The van der Waals surface area contributed by atoms with Crippen LogP contribution in [0.2, 0.25) is 0 Å². The maximum absolute atomic E-state index is 11.5. The van der Waals surface area contributed by atoms with Gasteiger partial charge in [0, 0.05) is 24.3 Å². The SMILES string of the molecule is CCCCc1c(C)nc(N2CCCC2)nc1OS(C)(=O)=O. The number of nitrogens with zero attached hydrogens (tertiary/aromatic N) is 3. The van der Waals surface area contributed by atoms with Gasteiger partial charge in [0.25, 0.3) is 0 Å². The van der Waals surface area contributed by atoms with Crippen LogP contribution in [-0.2, 0) is 16.5 Å². The van der Waals surface area contributed by atoms with Crippen molar-refractivity contribution in [2.45, 2.75) is 46.0 Å². The van der Waals surface area contributed by atoms with Gasteiger partial charge in [-0.2, -0.15) is 13.4 Å². The molecule has 1 aromatic rings. The zero-order valence-electron chi connectivity index (χ0n) is 12.9. The molecule has 1 aliphatic heterocycles. The van der Waals surface area contributed by atoms with E-state index in [9.17, 15) is 8.42 Å². The van der Waals surface area contributed by atoms with E-state index in [0.29, 0.717) is 5.95 Å². The first-order chi connectivity index (χ1) is 9.90. The van der Waals surface area contributed by atoms with Crippen LogP contribution in [0.5, 0.6) is 5.88 Å². The lowest BCUT2D eigenvalue weighted by Gasteiger charge is -2.18. The number of anilines is 1. The van der Waals surface area contributed by atoms with E-state index in [1.54, 1.807) is 0 Å². The van der Waals surface area contributed by atoms with E-state index in [-0.39, 0.29) is 5.88 Å². The standard InChI is InChI=1S/C14H23N3O3S/c1-4-5-8-12-11(2)15-14(17-9-6-7-10-17)16-13(12)20-21(3,18)19/h4-10H2,1-3H3. The summed E-state index contributed by atoms with van der Waals surface area (Å²) in [5.74, 6) is 0.768. The van der Waals surface area contributed by atoms with Crippen molar-refractivity contribution in [1.29, 1.82) is 0 Å². The summed E-state index contributed by atoms with van der Waals surface area (Å²) in [5.41, 5.74) is 1.60. The van der Waals surface area contributed by atoms with Crippen LogP contribution in [0.15, 0.2) is 0 Å². The molecular weight excluding hydrogens is 290 g/mol. The second kappa shape index (κ2) is 6.60. The normalized spacial score (nSPS) is 15.5. The van der Waals surface area contributed by atoms with Gasteiger partial charge >= 0.3 is 10.1 Å². The molecule has 0 radical (unpaired) electrons. The van der Waals surface area contributed by atoms with Gasteiger partial charge in [-0.15, -0.1) is 0 Å². The molecule has 0 aromatic carbocycles. The highest BCUT2D eigenvalue weighted by Crippen LogP contribution is 2.26. The second-order valence-electron chi connectivity index (χ2n) is 5.48. The predicted octanol–water partition coefficient (Wildman–Crippen LogP) is 2.07. The minimum atomic E-state index is -3.59. The highest BCUT2D eigenvalue weighted by molar-refractivity contribution is 7.86. The van der Waals surface area contributed by atoms with Crippen LogP contribution < -0.4 is 9.08 Å². The molecule has 7 heteroatoms. The molecule has 6 nitrogen and oxygen atoms in total. The predicted molar refractivity (Wildman–Crippen MR) is 82.3 cm³/mol. The van der Waals surface area contributed by atoms with Crippen LogP contribution in [0.1, 0.15) is 43.9 Å². The van der Waals surface area contributed by atoms with Crippen molar-refractivity contribution < 1.29 is 12.6 Å². The van der Waals surface area contributed by atoms with E-state index in [1.165, 1.54) is 0 Å². The van der Waals surface area contributed by atoms with Crippen molar-refractivity contribution in [3.63, 3.8) is 0 Å². The number of hydrogen-bond donors (Lipinski definition) is 0. The number of unbranched alkanes of at least 4 members (excludes halogenated alkanes) is 1. The zero-order valence-corrected chi connectivity index (χ0v) is 13.7. The third kappa shape index (κ3) is 4.30. The molecule has 1 fully saturated rings. The van der Waals surface area contributed by atoms with E-state index >= 15 is 0 Å². The zero-order chi connectivity index (χ0) is 15.5. The molecule has 118 valence electrons. The third-order valence-corrected chi connectivity index (χ3v) is 4.02. The fraction of sp³-hybridized carbons (Fsp3) is 0.714. The van der Waals surface area contributed by atoms with Gasteiger partial charge in [-0.25, -0.2) is 4.98 Å². The first-order valence-electron chi connectivity index (χ1n) is 7.42. The Bertz CT molecular complexity index is 596. The van der Waals surface area contributed by atoms with Gasteiger partial charge < -0.3 is 9.08 Å². The summed E-state index contributed by atoms with van der Waals surface area (Å²) >= 11 is 0. The molecule has 0 atom stereocenters. The summed E-state index contributed by atoms with van der Waals surface area (Å²) in [7, 11) is -3.59. The van der Waals surface area contributed by atoms with E-state index < -0.39 is 10.1 Å². The largest absolute Gasteiger partial charge is 0.361 e. The summed E-state index contributed by atoms with van der Waals surface area (Å²) in [6.45, 7) is 5.80. The van der Waals surface area contributed by atoms with Crippen molar-refractivity contribution in [2.24, 2.45) is 0 Å². The van der Waals surface area contributed by atoms with E-state index in [2.05, 4.69) is 21.8 Å².